The maximum Gasteiger partial charge on any atom is 0.348 e. The quantitative estimate of drug-likeness (QED) is 0.871. The van der Waals surface area contributed by atoms with Crippen molar-refractivity contribution in [1.82, 2.24) is 4.98 Å². The van der Waals surface area contributed by atoms with Crippen LogP contribution < -0.4 is 0 Å². The SMILES string of the molecule is O=C(O)C1CC(c2ccnc3ccccc23)=NO1. The normalized spacial score (nSPS) is 18.4. The molecule has 0 radical (unpaired) electrons. The second-order valence-electron chi connectivity index (χ2n) is 4.05. The van der Waals surface area contributed by atoms with Gasteiger partial charge < -0.3 is 9.94 Å². The van der Waals surface area contributed by atoms with Crippen LogP contribution in [-0.2, 0) is 9.63 Å². The van der Waals surface area contributed by atoms with Crippen molar-refractivity contribution in [1.29, 1.82) is 0 Å². The second-order valence-corrected chi connectivity index (χ2v) is 4.05. The van der Waals surface area contributed by atoms with Gasteiger partial charge in [-0.2, -0.15) is 0 Å². The fourth-order valence-electron chi connectivity index (χ4n) is 2.02. The summed E-state index contributed by atoms with van der Waals surface area (Å²) >= 11 is 0. The van der Waals surface area contributed by atoms with Crippen LogP contribution in [0.3, 0.4) is 0 Å². The minimum absolute atomic E-state index is 0.281. The van der Waals surface area contributed by atoms with E-state index in [0.29, 0.717) is 5.71 Å². The van der Waals surface area contributed by atoms with Gasteiger partial charge in [-0.1, -0.05) is 23.4 Å². The van der Waals surface area contributed by atoms with E-state index in [0.717, 1.165) is 16.5 Å². The van der Waals surface area contributed by atoms with Crippen molar-refractivity contribution in [2.75, 3.05) is 0 Å². The zero-order valence-corrected chi connectivity index (χ0v) is 9.41. The van der Waals surface area contributed by atoms with Gasteiger partial charge in [0.25, 0.3) is 0 Å². The Morgan fingerprint density at radius 2 is 2.17 bits per heavy atom. The number of carboxylic acid groups (broad SMARTS) is 1. The number of para-hydroxylation sites is 1. The molecule has 0 spiro atoms. The first-order valence-corrected chi connectivity index (χ1v) is 5.55. The molecule has 5 nitrogen and oxygen atoms in total. The molecule has 0 saturated heterocycles. The van der Waals surface area contributed by atoms with Gasteiger partial charge in [-0.15, -0.1) is 0 Å². The lowest BCUT2D eigenvalue weighted by molar-refractivity contribution is -0.148. The van der Waals surface area contributed by atoms with Gasteiger partial charge in [-0.05, 0) is 12.1 Å². The van der Waals surface area contributed by atoms with Gasteiger partial charge in [0.05, 0.1) is 11.2 Å². The third-order valence-corrected chi connectivity index (χ3v) is 2.90. The lowest BCUT2D eigenvalue weighted by atomic mass is 10.0. The fraction of sp³-hybridized carbons (Fsp3) is 0.154. The molecule has 2 heterocycles. The summed E-state index contributed by atoms with van der Waals surface area (Å²) in [5.74, 6) is -0.993. The third-order valence-electron chi connectivity index (χ3n) is 2.90. The van der Waals surface area contributed by atoms with Crippen molar-refractivity contribution < 1.29 is 14.7 Å². The van der Waals surface area contributed by atoms with Gasteiger partial charge in [0, 0.05) is 23.6 Å². The monoisotopic (exact) mass is 242 g/mol. The molecule has 0 aliphatic carbocycles. The van der Waals surface area contributed by atoms with Crippen LogP contribution in [0.15, 0.2) is 41.7 Å². The molecule has 1 aliphatic heterocycles. The number of oxime groups is 1. The van der Waals surface area contributed by atoms with Crippen LogP contribution in [-0.4, -0.2) is 27.9 Å². The number of nitrogens with zero attached hydrogens (tertiary/aromatic N) is 2. The first-order valence-electron chi connectivity index (χ1n) is 5.55. The average molecular weight is 242 g/mol. The molecule has 3 rings (SSSR count). The average Bonchev–Trinajstić information content (AvgIpc) is 2.87. The molecule has 1 aromatic heterocycles. The van der Waals surface area contributed by atoms with Crippen LogP contribution in [0.5, 0.6) is 0 Å². The Bertz CT molecular complexity index is 646. The van der Waals surface area contributed by atoms with Crippen molar-refractivity contribution in [2.24, 2.45) is 5.16 Å². The van der Waals surface area contributed by atoms with Crippen LogP contribution in [0.25, 0.3) is 10.9 Å². The van der Waals surface area contributed by atoms with Gasteiger partial charge in [0.1, 0.15) is 0 Å². The maximum absolute atomic E-state index is 10.8. The van der Waals surface area contributed by atoms with E-state index in [-0.39, 0.29) is 6.42 Å². The number of hydrogen-bond donors (Lipinski definition) is 1. The molecular weight excluding hydrogens is 232 g/mol. The molecule has 1 aromatic carbocycles. The van der Waals surface area contributed by atoms with E-state index >= 15 is 0 Å². The highest BCUT2D eigenvalue weighted by molar-refractivity contribution is 6.11. The summed E-state index contributed by atoms with van der Waals surface area (Å²) in [6.07, 6.45) is 1.09. The zero-order chi connectivity index (χ0) is 12.5. The van der Waals surface area contributed by atoms with Crippen LogP contribution in [0.4, 0.5) is 0 Å². The topological polar surface area (TPSA) is 71.8 Å². The number of benzene rings is 1. The van der Waals surface area contributed by atoms with Crippen molar-refractivity contribution in [3.05, 3.63) is 42.1 Å². The number of fused-ring (bicyclic) bond motifs is 1. The minimum atomic E-state index is -0.993. The van der Waals surface area contributed by atoms with Crippen LogP contribution >= 0.6 is 0 Å². The Labute approximate surface area is 103 Å². The predicted molar refractivity (Wildman–Crippen MR) is 65.4 cm³/mol. The standard InChI is InChI=1S/C13H10N2O3/c16-13(17)12-7-11(15-18-12)9-5-6-14-10-4-2-1-3-8(9)10/h1-6,12H,7H2,(H,16,17). The largest absolute Gasteiger partial charge is 0.478 e. The lowest BCUT2D eigenvalue weighted by Gasteiger charge is -2.04. The molecule has 5 heteroatoms. The Balaban J connectivity index is 2.03. The van der Waals surface area contributed by atoms with E-state index in [2.05, 4.69) is 10.1 Å². The molecule has 90 valence electrons. The number of aromatic nitrogens is 1. The molecule has 1 atom stereocenters. The van der Waals surface area contributed by atoms with Gasteiger partial charge in [0.2, 0.25) is 6.10 Å². The van der Waals surface area contributed by atoms with E-state index < -0.39 is 12.1 Å². The summed E-state index contributed by atoms with van der Waals surface area (Å²) in [4.78, 5) is 20.0. The number of aliphatic carboxylic acids is 1. The summed E-state index contributed by atoms with van der Waals surface area (Å²) in [6.45, 7) is 0. The van der Waals surface area contributed by atoms with E-state index in [1.165, 1.54) is 0 Å². The Hall–Kier alpha value is -2.43. The fourth-order valence-corrected chi connectivity index (χ4v) is 2.02. The van der Waals surface area contributed by atoms with Crippen molar-refractivity contribution in [2.45, 2.75) is 12.5 Å². The molecule has 0 saturated carbocycles. The first-order chi connectivity index (χ1) is 8.75. The summed E-state index contributed by atoms with van der Waals surface area (Å²) < 4.78 is 0. The summed E-state index contributed by atoms with van der Waals surface area (Å²) in [7, 11) is 0. The highest BCUT2D eigenvalue weighted by Crippen LogP contribution is 2.22. The molecule has 1 unspecified atom stereocenters. The van der Waals surface area contributed by atoms with E-state index in [9.17, 15) is 4.79 Å². The lowest BCUT2D eigenvalue weighted by Crippen LogP contribution is -2.19. The molecule has 18 heavy (non-hydrogen) atoms. The summed E-state index contributed by atoms with van der Waals surface area (Å²) in [5.41, 5.74) is 2.39. The summed E-state index contributed by atoms with van der Waals surface area (Å²) in [6, 6.07) is 9.50. The van der Waals surface area contributed by atoms with E-state index in [4.69, 9.17) is 9.94 Å². The number of carbonyl (C=O) groups is 1. The molecule has 0 bridgehead atoms. The van der Waals surface area contributed by atoms with E-state index in [1.54, 1.807) is 6.20 Å². The van der Waals surface area contributed by atoms with Gasteiger partial charge in [-0.3, -0.25) is 4.98 Å². The van der Waals surface area contributed by atoms with Crippen LogP contribution in [0.1, 0.15) is 12.0 Å². The molecule has 0 amide bonds. The molecular formula is C13H10N2O3. The van der Waals surface area contributed by atoms with Gasteiger partial charge in [0.15, 0.2) is 0 Å². The van der Waals surface area contributed by atoms with Gasteiger partial charge in [-0.25, -0.2) is 4.79 Å². The first kappa shape index (κ1) is 10.7. The second kappa shape index (κ2) is 4.10. The Morgan fingerprint density at radius 3 is 2.94 bits per heavy atom. The summed E-state index contributed by atoms with van der Waals surface area (Å²) in [5, 5.41) is 13.7. The molecule has 2 aromatic rings. The number of pyridine rings is 1. The number of hydrogen-bond acceptors (Lipinski definition) is 4. The van der Waals surface area contributed by atoms with Gasteiger partial charge >= 0.3 is 5.97 Å². The zero-order valence-electron chi connectivity index (χ0n) is 9.41. The number of rotatable bonds is 2. The Morgan fingerprint density at radius 1 is 1.33 bits per heavy atom. The Kier molecular flexibility index (Phi) is 2.44. The highest BCUT2D eigenvalue weighted by atomic mass is 16.7. The predicted octanol–water partition coefficient (Wildman–Crippen LogP) is 1.81. The molecule has 1 N–H and O–H groups in total. The molecule has 0 fully saturated rings. The molecule has 1 aliphatic rings. The van der Waals surface area contributed by atoms with E-state index in [1.807, 2.05) is 30.3 Å². The van der Waals surface area contributed by atoms with Crippen molar-refractivity contribution in [3.63, 3.8) is 0 Å². The van der Waals surface area contributed by atoms with Crippen LogP contribution in [0.2, 0.25) is 0 Å². The van der Waals surface area contributed by atoms with Crippen LogP contribution in [0, 0.1) is 0 Å². The maximum atomic E-state index is 10.8. The minimum Gasteiger partial charge on any atom is -0.478 e. The smallest absolute Gasteiger partial charge is 0.348 e. The number of carboxylic acids is 1. The van der Waals surface area contributed by atoms with Crippen molar-refractivity contribution >= 4 is 22.6 Å². The highest BCUT2D eigenvalue weighted by Gasteiger charge is 2.29. The third kappa shape index (κ3) is 1.69. The van der Waals surface area contributed by atoms with Crippen molar-refractivity contribution in [3.8, 4) is 0 Å².